The molecule has 2 nitrogen and oxygen atoms in total. The van der Waals surface area contributed by atoms with Crippen LogP contribution in [0, 0.1) is 0 Å². The second-order valence-corrected chi connectivity index (χ2v) is 9.73. The molecule has 0 aliphatic heterocycles. The summed E-state index contributed by atoms with van der Waals surface area (Å²) in [5.74, 6) is -0.161. The fourth-order valence-corrected chi connectivity index (χ4v) is 5.22. The highest BCUT2D eigenvalue weighted by molar-refractivity contribution is 6.89. The summed E-state index contributed by atoms with van der Waals surface area (Å²) in [6.45, 7) is 14.5. The molecule has 16 heavy (non-hydrogen) atoms. The van der Waals surface area contributed by atoms with Crippen molar-refractivity contribution in [1.82, 2.24) is 0 Å². The molecular weight excluding hydrogens is 216 g/mol. The summed E-state index contributed by atoms with van der Waals surface area (Å²) in [5.41, 5.74) is 0. The SMILES string of the molecule is C=C(C(=O)OC(C)CC)[Si](CC)(CC)CC. The molecular formula is C13H26O2Si. The van der Waals surface area contributed by atoms with Crippen LogP contribution < -0.4 is 0 Å². The lowest BCUT2D eigenvalue weighted by Gasteiger charge is -2.29. The molecule has 0 bridgehead atoms. The Hall–Kier alpha value is -0.573. The van der Waals surface area contributed by atoms with E-state index in [4.69, 9.17) is 4.74 Å². The van der Waals surface area contributed by atoms with Gasteiger partial charge < -0.3 is 4.74 Å². The number of carbonyl (C=O) groups is 1. The molecule has 0 aromatic carbocycles. The van der Waals surface area contributed by atoms with E-state index < -0.39 is 8.07 Å². The highest BCUT2D eigenvalue weighted by Gasteiger charge is 2.35. The predicted molar refractivity (Wildman–Crippen MR) is 72.2 cm³/mol. The van der Waals surface area contributed by atoms with E-state index in [1.54, 1.807) is 0 Å². The third kappa shape index (κ3) is 3.48. The molecule has 0 fully saturated rings. The van der Waals surface area contributed by atoms with Crippen molar-refractivity contribution in [3.63, 3.8) is 0 Å². The average molecular weight is 242 g/mol. The van der Waals surface area contributed by atoms with Crippen LogP contribution in [0.25, 0.3) is 0 Å². The van der Waals surface area contributed by atoms with Crippen LogP contribution in [-0.2, 0) is 9.53 Å². The van der Waals surface area contributed by atoms with Crippen molar-refractivity contribution >= 4 is 14.0 Å². The van der Waals surface area contributed by atoms with E-state index in [1.165, 1.54) is 0 Å². The highest BCUT2D eigenvalue weighted by Crippen LogP contribution is 2.28. The second-order valence-electron chi connectivity index (χ2n) is 4.44. The van der Waals surface area contributed by atoms with Gasteiger partial charge in [0.1, 0.15) is 0 Å². The van der Waals surface area contributed by atoms with Gasteiger partial charge in [-0.25, -0.2) is 4.79 Å². The van der Waals surface area contributed by atoms with Gasteiger partial charge in [0.2, 0.25) is 0 Å². The molecule has 94 valence electrons. The van der Waals surface area contributed by atoms with Gasteiger partial charge in [-0.05, 0) is 13.3 Å². The summed E-state index contributed by atoms with van der Waals surface area (Å²) in [6, 6.07) is 3.23. The fourth-order valence-electron chi connectivity index (χ4n) is 1.94. The highest BCUT2D eigenvalue weighted by atomic mass is 28.3. The molecule has 0 radical (unpaired) electrons. The molecule has 0 aliphatic carbocycles. The Morgan fingerprint density at radius 2 is 1.62 bits per heavy atom. The largest absolute Gasteiger partial charge is 0.460 e. The first-order valence-corrected chi connectivity index (χ1v) is 8.99. The molecule has 1 atom stereocenters. The zero-order chi connectivity index (χ0) is 12.8. The Balaban J connectivity index is 4.69. The minimum absolute atomic E-state index is 0.00141. The first-order chi connectivity index (χ1) is 7.47. The van der Waals surface area contributed by atoms with Gasteiger partial charge in [0.15, 0.2) is 0 Å². The van der Waals surface area contributed by atoms with Crippen molar-refractivity contribution in [1.29, 1.82) is 0 Å². The maximum absolute atomic E-state index is 11.9. The number of hydrogen-bond donors (Lipinski definition) is 0. The minimum Gasteiger partial charge on any atom is -0.460 e. The summed E-state index contributed by atoms with van der Waals surface area (Å²) in [7, 11) is -1.63. The standard InChI is InChI=1S/C13H26O2Si/c1-7-11(5)15-13(14)12(6)16(8-2,9-3)10-4/h11H,6-10H2,1-5H3. The third-order valence-corrected chi connectivity index (χ3v) is 9.35. The minimum atomic E-state index is -1.63. The van der Waals surface area contributed by atoms with Crippen molar-refractivity contribution in [3.05, 3.63) is 11.8 Å². The van der Waals surface area contributed by atoms with Crippen LogP contribution in [0.3, 0.4) is 0 Å². The smallest absolute Gasteiger partial charge is 0.329 e. The van der Waals surface area contributed by atoms with E-state index in [2.05, 4.69) is 27.4 Å². The zero-order valence-electron chi connectivity index (χ0n) is 11.4. The van der Waals surface area contributed by atoms with Crippen LogP contribution >= 0.6 is 0 Å². The van der Waals surface area contributed by atoms with Gasteiger partial charge in [0.25, 0.3) is 0 Å². The molecule has 0 aromatic heterocycles. The second kappa shape index (κ2) is 6.89. The van der Waals surface area contributed by atoms with E-state index in [1.807, 2.05) is 13.8 Å². The molecule has 0 saturated heterocycles. The normalized spacial score (nSPS) is 13.3. The third-order valence-electron chi connectivity index (χ3n) is 3.80. The van der Waals surface area contributed by atoms with Gasteiger partial charge in [-0.3, -0.25) is 0 Å². The van der Waals surface area contributed by atoms with Gasteiger partial charge in [-0.15, -0.1) is 0 Å². The predicted octanol–water partition coefficient (Wildman–Crippen LogP) is 3.93. The molecule has 0 aromatic rings. The van der Waals surface area contributed by atoms with Gasteiger partial charge in [-0.1, -0.05) is 52.4 Å². The molecule has 0 N–H and O–H groups in total. The molecule has 0 amide bonds. The average Bonchev–Trinajstić information content (AvgIpc) is 2.31. The van der Waals surface area contributed by atoms with E-state index in [0.717, 1.165) is 29.7 Å². The molecule has 0 heterocycles. The monoisotopic (exact) mass is 242 g/mol. The van der Waals surface area contributed by atoms with E-state index in [0.29, 0.717) is 0 Å². The van der Waals surface area contributed by atoms with Crippen molar-refractivity contribution in [2.75, 3.05) is 0 Å². The van der Waals surface area contributed by atoms with E-state index in [9.17, 15) is 4.79 Å². The number of esters is 1. The maximum atomic E-state index is 11.9. The van der Waals surface area contributed by atoms with Gasteiger partial charge in [-0.2, -0.15) is 0 Å². The van der Waals surface area contributed by atoms with Crippen molar-refractivity contribution < 1.29 is 9.53 Å². The number of carbonyl (C=O) groups excluding carboxylic acids is 1. The van der Waals surface area contributed by atoms with Crippen molar-refractivity contribution in [2.24, 2.45) is 0 Å². The van der Waals surface area contributed by atoms with Gasteiger partial charge in [0, 0.05) is 5.20 Å². The molecule has 0 saturated carbocycles. The Morgan fingerprint density at radius 3 is 1.94 bits per heavy atom. The Bertz CT molecular complexity index is 236. The van der Waals surface area contributed by atoms with E-state index >= 15 is 0 Å². The molecule has 0 rings (SSSR count). The number of rotatable bonds is 7. The van der Waals surface area contributed by atoms with Crippen LogP contribution in [0.15, 0.2) is 11.8 Å². The van der Waals surface area contributed by atoms with Crippen LogP contribution in [0.2, 0.25) is 18.1 Å². The maximum Gasteiger partial charge on any atom is 0.329 e. The lowest BCUT2D eigenvalue weighted by atomic mass is 10.3. The summed E-state index contributed by atoms with van der Waals surface area (Å²) in [6.07, 6.45) is 0.860. The summed E-state index contributed by atoms with van der Waals surface area (Å²) >= 11 is 0. The first-order valence-electron chi connectivity index (χ1n) is 6.37. The lowest BCUT2D eigenvalue weighted by molar-refractivity contribution is -0.142. The van der Waals surface area contributed by atoms with Crippen LogP contribution in [0.5, 0.6) is 0 Å². The number of hydrogen-bond acceptors (Lipinski definition) is 2. The lowest BCUT2D eigenvalue weighted by Crippen LogP contribution is -2.39. The van der Waals surface area contributed by atoms with Gasteiger partial charge in [0.05, 0.1) is 14.2 Å². The van der Waals surface area contributed by atoms with Crippen LogP contribution in [-0.4, -0.2) is 20.1 Å². The first kappa shape index (κ1) is 15.4. The molecule has 0 aliphatic rings. The van der Waals surface area contributed by atoms with Crippen LogP contribution in [0.4, 0.5) is 0 Å². The fraction of sp³-hybridized carbons (Fsp3) is 0.769. The Labute approximate surface area is 101 Å². The van der Waals surface area contributed by atoms with Crippen LogP contribution in [0.1, 0.15) is 41.0 Å². The number of ether oxygens (including phenoxy) is 1. The van der Waals surface area contributed by atoms with Crippen molar-refractivity contribution in [3.8, 4) is 0 Å². The molecule has 0 spiro atoms. The van der Waals surface area contributed by atoms with E-state index in [-0.39, 0.29) is 12.1 Å². The zero-order valence-corrected chi connectivity index (χ0v) is 12.4. The van der Waals surface area contributed by atoms with Gasteiger partial charge >= 0.3 is 5.97 Å². The summed E-state index contributed by atoms with van der Waals surface area (Å²) in [4.78, 5) is 11.9. The summed E-state index contributed by atoms with van der Waals surface area (Å²) < 4.78 is 5.37. The van der Waals surface area contributed by atoms with Crippen molar-refractivity contribution in [2.45, 2.75) is 65.3 Å². The topological polar surface area (TPSA) is 26.3 Å². The quantitative estimate of drug-likeness (QED) is 0.384. The summed E-state index contributed by atoms with van der Waals surface area (Å²) in [5, 5.41) is 0.778. The molecule has 1 unspecified atom stereocenters. The molecule has 3 heteroatoms. The Kier molecular flexibility index (Phi) is 6.64. The Morgan fingerprint density at radius 1 is 1.19 bits per heavy atom.